The van der Waals surface area contributed by atoms with E-state index in [4.69, 9.17) is 12.2 Å². The molecule has 110 valence electrons. The summed E-state index contributed by atoms with van der Waals surface area (Å²) < 4.78 is 1.86. The number of carbonyl (C=O) groups is 1. The van der Waals surface area contributed by atoms with Gasteiger partial charge in [-0.25, -0.2) is 0 Å². The molecule has 1 aliphatic rings. The number of carbonyl (C=O) groups excluding carboxylic acids is 1. The number of benzene rings is 1. The zero-order valence-corrected chi connectivity index (χ0v) is 12.7. The van der Waals surface area contributed by atoms with Gasteiger partial charge in [0.1, 0.15) is 4.99 Å². The zero-order chi connectivity index (χ0) is 15.7. The molecule has 0 unspecified atom stereocenters. The standard InChI is InChI=1S/C14H9N3O3S2/c18-14-15-13(21)12(22-14)8-11-2-1-7-16(11)9-3-5-10(6-4-9)17(19)20/h1-8H,(H,15,18,21)/b12-8-. The Balaban J connectivity index is 1.95. The molecule has 1 amide bonds. The third-order valence-corrected chi connectivity index (χ3v) is 4.32. The molecule has 0 atom stereocenters. The topological polar surface area (TPSA) is 77.2 Å². The molecule has 2 heterocycles. The summed E-state index contributed by atoms with van der Waals surface area (Å²) in [6.45, 7) is 0. The third kappa shape index (κ3) is 2.78. The van der Waals surface area contributed by atoms with Crippen LogP contribution >= 0.6 is 24.0 Å². The van der Waals surface area contributed by atoms with Gasteiger partial charge in [0.25, 0.3) is 10.9 Å². The largest absolute Gasteiger partial charge is 0.317 e. The van der Waals surface area contributed by atoms with Crippen LogP contribution in [0.2, 0.25) is 0 Å². The molecule has 0 aliphatic carbocycles. The lowest BCUT2D eigenvalue weighted by molar-refractivity contribution is -0.384. The Labute approximate surface area is 135 Å². The number of nitro benzene ring substituents is 1. The maximum atomic E-state index is 11.3. The predicted octanol–water partition coefficient (Wildman–Crippen LogP) is 3.51. The maximum Gasteiger partial charge on any atom is 0.289 e. The van der Waals surface area contributed by atoms with E-state index in [1.807, 2.05) is 29.0 Å². The van der Waals surface area contributed by atoms with Crippen molar-refractivity contribution in [3.8, 4) is 5.69 Å². The number of nitrogens with zero attached hydrogens (tertiary/aromatic N) is 2. The second kappa shape index (κ2) is 5.74. The van der Waals surface area contributed by atoms with Crippen molar-refractivity contribution in [1.29, 1.82) is 0 Å². The van der Waals surface area contributed by atoms with Gasteiger partial charge in [0.15, 0.2) is 0 Å². The van der Waals surface area contributed by atoms with Crippen LogP contribution < -0.4 is 5.32 Å². The van der Waals surface area contributed by atoms with E-state index in [9.17, 15) is 14.9 Å². The normalized spacial score (nSPS) is 16.1. The number of aromatic nitrogens is 1. The lowest BCUT2D eigenvalue weighted by Crippen LogP contribution is -2.15. The Morgan fingerprint density at radius 2 is 2.00 bits per heavy atom. The highest BCUT2D eigenvalue weighted by Gasteiger charge is 2.22. The summed E-state index contributed by atoms with van der Waals surface area (Å²) in [4.78, 5) is 22.7. The molecule has 1 aromatic carbocycles. The molecule has 8 heteroatoms. The van der Waals surface area contributed by atoms with Gasteiger partial charge < -0.3 is 9.88 Å². The van der Waals surface area contributed by atoms with Crippen molar-refractivity contribution >= 4 is 46.0 Å². The fourth-order valence-electron chi connectivity index (χ4n) is 2.04. The van der Waals surface area contributed by atoms with Gasteiger partial charge in [0.2, 0.25) is 0 Å². The smallest absolute Gasteiger partial charge is 0.289 e. The monoisotopic (exact) mass is 331 g/mol. The van der Waals surface area contributed by atoms with Gasteiger partial charge in [-0.05, 0) is 42.1 Å². The Morgan fingerprint density at radius 3 is 2.59 bits per heavy atom. The second-order valence-corrected chi connectivity index (χ2v) is 5.85. The first-order valence-electron chi connectivity index (χ1n) is 6.21. The molecule has 0 saturated carbocycles. The van der Waals surface area contributed by atoms with E-state index in [1.165, 1.54) is 12.1 Å². The molecule has 6 nitrogen and oxygen atoms in total. The summed E-state index contributed by atoms with van der Waals surface area (Å²) in [5.74, 6) is 0. The number of amides is 1. The van der Waals surface area contributed by atoms with Gasteiger partial charge in [-0.3, -0.25) is 14.9 Å². The van der Waals surface area contributed by atoms with Crippen molar-refractivity contribution in [2.75, 3.05) is 0 Å². The van der Waals surface area contributed by atoms with Crippen molar-refractivity contribution in [3.63, 3.8) is 0 Å². The van der Waals surface area contributed by atoms with Gasteiger partial charge >= 0.3 is 0 Å². The van der Waals surface area contributed by atoms with Crippen molar-refractivity contribution in [2.45, 2.75) is 0 Å². The maximum absolute atomic E-state index is 11.3. The number of rotatable bonds is 3. The van der Waals surface area contributed by atoms with E-state index in [0.29, 0.717) is 9.89 Å². The Morgan fingerprint density at radius 1 is 1.27 bits per heavy atom. The second-order valence-electron chi connectivity index (χ2n) is 4.43. The summed E-state index contributed by atoms with van der Waals surface area (Å²) in [6, 6.07) is 9.97. The van der Waals surface area contributed by atoms with Gasteiger partial charge in [0.05, 0.1) is 9.83 Å². The molecule has 1 fully saturated rings. The first-order valence-corrected chi connectivity index (χ1v) is 7.44. The van der Waals surface area contributed by atoms with Gasteiger partial charge in [-0.1, -0.05) is 12.2 Å². The van der Waals surface area contributed by atoms with Crippen LogP contribution in [-0.4, -0.2) is 19.7 Å². The summed E-state index contributed by atoms with van der Waals surface area (Å²) in [6.07, 6.45) is 3.65. The lowest BCUT2D eigenvalue weighted by Gasteiger charge is -2.06. The van der Waals surface area contributed by atoms with E-state index in [-0.39, 0.29) is 10.9 Å². The molecule has 0 spiro atoms. The minimum atomic E-state index is -0.437. The highest BCUT2D eigenvalue weighted by molar-refractivity contribution is 8.19. The molecular formula is C14H9N3O3S2. The van der Waals surface area contributed by atoms with Crippen molar-refractivity contribution in [3.05, 3.63) is 63.3 Å². The molecule has 0 radical (unpaired) electrons. The summed E-state index contributed by atoms with van der Waals surface area (Å²) in [7, 11) is 0. The van der Waals surface area contributed by atoms with E-state index in [2.05, 4.69) is 5.32 Å². The van der Waals surface area contributed by atoms with Crippen LogP contribution in [0.15, 0.2) is 47.5 Å². The molecule has 1 N–H and O–H groups in total. The number of thiocarbonyl (C=S) groups is 1. The average Bonchev–Trinajstić information content (AvgIpc) is 3.06. The van der Waals surface area contributed by atoms with Gasteiger partial charge in [0, 0.05) is 29.7 Å². The SMILES string of the molecule is O=C1NC(=S)/C(=C/c2cccn2-c2ccc([N+](=O)[O-])cc2)S1. The molecule has 2 aromatic rings. The predicted molar refractivity (Wildman–Crippen MR) is 89.1 cm³/mol. The van der Waals surface area contributed by atoms with Crippen LogP contribution in [0.25, 0.3) is 11.8 Å². The van der Waals surface area contributed by atoms with Crippen molar-refractivity contribution < 1.29 is 9.72 Å². The zero-order valence-electron chi connectivity index (χ0n) is 11.1. The molecular weight excluding hydrogens is 322 g/mol. The highest BCUT2D eigenvalue weighted by Crippen LogP contribution is 2.27. The average molecular weight is 331 g/mol. The molecule has 3 rings (SSSR count). The van der Waals surface area contributed by atoms with Crippen molar-refractivity contribution in [2.24, 2.45) is 0 Å². The Bertz CT molecular complexity index is 809. The first-order chi connectivity index (χ1) is 10.5. The number of thioether (sulfide) groups is 1. The van der Waals surface area contributed by atoms with Crippen LogP contribution in [0.3, 0.4) is 0 Å². The van der Waals surface area contributed by atoms with Crippen LogP contribution in [-0.2, 0) is 0 Å². The molecule has 22 heavy (non-hydrogen) atoms. The Kier molecular flexibility index (Phi) is 3.78. The van der Waals surface area contributed by atoms with Crippen LogP contribution in [0.4, 0.5) is 10.5 Å². The molecule has 0 bridgehead atoms. The van der Waals surface area contributed by atoms with Gasteiger partial charge in [-0.2, -0.15) is 0 Å². The number of nitrogens with one attached hydrogen (secondary N) is 1. The highest BCUT2D eigenvalue weighted by atomic mass is 32.2. The quantitative estimate of drug-likeness (QED) is 0.403. The molecule has 1 saturated heterocycles. The molecule has 1 aromatic heterocycles. The minimum Gasteiger partial charge on any atom is -0.317 e. The van der Waals surface area contributed by atoms with Crippen LogP contribution in [0, 0.1) is 10.1 Å². The number of hydrogen-bond donors (Lipinski definition) is 1. The van der Waals surface area contributed by atoms with E-state index < -0.39 is 4.92 Å². The summed E-state index contributed by atoms with van der Waals surface area (Å²) >= 11 is 6.14. The third-order valence-electron chi connectivity index (χ3n) is 3.04. The fourth-order valence-corrected chi connectivity index (χ4v) is 3.05. The number of non-ortho nitro benzene ring substituents is 1. The van der Waals surface area contributed by atoms with Crippen molar-refractivity contribution in [1.82, 2.24) is 9.88 Å². The minimum absolute atomic E-state index is 0.0399. The lowest BCUT2D eigenvalue weighted by atomic mass is 10.2. The summed E-state index contributed by atoms with van der Waals surface area (Å²) in [5.41, 5.74) is 1.66. The first kappa shape index (κ1) is 14.5. The van der Waals surface area contributed by atoms with Crippen LogP contribution in [0.5, 0.6) is 0 Å². The van der Waals surface area contributed by atoms with E-state index in [1.54, 1.807) is 12.1 Å². The van der Waals surface area contributed by atoms with Crippen LogP contribution in [0.1, 0.15) is 5.69 Å². The Hall–Kier alpha value is -2.45. The van der Waals surface area contributed by atoms with E-state index in [0.717, 1.165) is 23.1 Å². The number of hydrogen-bond acceptors (Lipinski definition) is 5. The number of nitro groups is 1. The molecule has 1 aliphatic heterocycles. The summed E-state index contributed by atoms with van der Waals surface area (Å²) in [5, 5.41) is 13.1. The fraction of sp³-hybridized carbons (Fsp3) is 0. The van der Waals surface area contributed by atoms with Gasteiger partial charge in [-0.15, -0.1) is 0 Å². The van der Waals surface area contributed by atoms with E-state index >= 15 is 0 Å².